The number of rotatable bonds is 6. The third-order valence-corrected chi connectivity index (χ3v) is 3.54. The molecule has 23 heavy (non-hydrogen) atoms. The molecular weight excluding hydrogens is 301 g/mol. The predicted molar refractivity (Wildman–Crippen MR) is 87.3 cm³/mol. The lowest BCUT2D eigenvalue weighted by Crippen LogP contribution is -2.01. The SMILES string of the molecule is CCOc1ccc(/C=C/c2ccc(CC)cc2)c(C(F)F)c1F. The zero-order valence-electron chi connectivity index (χ0n) is 13.2. The lowest BCUT2D eigenvalue weighted by atomic mass is 10.0. The number of hydrogen-bond donors (Lipinski definition) is 0. The van der Waals surface area contributed by atoms with E-state index in [2.05, 4.69) is 6.92 Å². The monoisotopic (exact) mass is 320 g/mol. The van der Waals surface area contributed by atoms with Crippen molar-refractivity contribution in [3.8, 4) is 5.75 Å². The Morgan fingerprint density at radius 1 is 1.00 bits per heavy atom. The first-order valence-electron chi connectivity index (χ1n) is 7.57. The summed E-state index contributed by atoms with van der Waals surface area (Å²) in [6.45, 7) is 3.95. The molecular formula is C19H19F3O. The largest absolute Gasteiger partial charge is 0.491 e. The van der Waals surface area contributed by atoms with E-state index in [0.29, 0.717) is 0 Å². The molecule has 0 saturated heterocycles. The van der Waals surface area contributed by atoms with E-state index in [1.807, 2.05) is 24.3 Å². The lowest BCUT2D eigenvalue weighted by Gasteiger charge is -2.11. The van der Waals surface area contributed by atoms with Crippen LogP contribution in [0.1, 0.15) is 42.5 Å². The molecule has 0 bridgehead atoms. The Kier molecular flexibility index (Phi) is 5.85. The Bertz CT molecular complexity index is 676. The minimum absolute atomic E-state index is 0.146. The third-order valence-electron chi connectivity index (χ3n) is 3.54. The van der Waals surface area contributed by atoms with Gasteiger partial charge in [-0.2, -0.15) is 0 Å². The topological polar surface area (TPSA) is 9.23 Å². The molecule has 0 unspecified atom stereocenters. The zero-order valence-corrected chi connectivity index (χ0v) is 13.2. The Morgan fingerprint density at radius 2 is 1.70 bits per heavy atom. The molecule has 0 aliphatic carbocycles. The molecule has 0 aliphatic rings. The number of aryl methyl sites for hydroxylation is 1. The average Bonchev–Trinajstić information content (AvgIpc) is 2.55. The summed E-state index contributed by atoms with van der Waals surface area (Å²) in [5.41, 5.74) is 1.59. The second kappa shape index (κ2) is 7.86. The first kappa shape index (κ1) is 17.1. The van der Waals surface area contributed by atoms with E-state index in [4.69, 9.17) is 4.74 Å². The number of benzene rings is 2. The van der Waals surface area contributed by atoms with Gasteiger partial charge in [-0.15, -0.1) is 0 Å². The van der Waals surface area contributed by atoms with Gasteiger partial charge in [0.15, 0.2) is 11.6 Å². The van der Waals surface area contributed by atoms with Crippen LogP contribution in [0.3, 0.4) is 0 Å². The van der Waals surface area contributed by atoms with Crippen molar-refractivity contribution in [1.29, 1.82) is 0 Å². The second-order valence-electron chi connectivity index (χ2n) is 5.04. The van der Waals surface area contributed by atoms with Gasteiger partial charge in [0.25, 0.3) is 6.43 Å². The molecule has 0 aromatic heterocycles. The van der Waals surface area contributed by atoms with Gasteiger partial charge in [0.1, 0.15) is 0 Å². The molecule has 2 rings (SSSR count). The highest BCUT2D eigenvalue weighted by atomic mass is 19.3. The number of alkyl halides is 2. The van der Waals surface area contributed by atoms with E-state index >= 15 is 0 Å². The van der Waals surface area contributed by atoms with Crippen LogP contribution in [-0.4, -0.2) is 6.61 Å². The van der Waals surface area contributed by atoms with Crippen LogP contribution in [-0.2, 0) is 6.42 Å². The van der Waals surface area contributed by atoms with Gasteiger partial charge in [0, 0.05) is 0 Å². The van der Waals surface area contributed by atoms with Crippen molar-refractivity contribution in [3.05, 3.63) is 64.5 Å². The van der Waals surface area contributed by atoms with Gasteiger partial charge >= 0.3 is 0 Å². The minimum atomic E-state index is -2.91. The molecule has 0 spiro atoms. The van der Waals surface area contributed by atoms with Crippen LogP contribution in [0.4, 0.5) is 13.2 Å². The third kappa shape index (κ3) is 4.15. The zero-order chi connectivity index (χ0) is 16.8. The van der Waals surface area contributed by atoms with Crippen LogP contribution in [0.2, 0.25) is 0 Å². The van der Waals surface area contributed by atoms with Gasteiger partial charge in [-0.3, -0.25) is 0 Å². The molecule has 122 valence electrons. The molecule has 0 fully saturated rings. The lowest BCUT2D eigenvalue weighted by molar-refractivity contribution is 0.144. The van der Waals surface area contributed by atoms with E-state index in [9.17, 15) is 13.2 Å². The number of hydrogen-bond acceptors (Lipinski definition) is 1. The van der Waals surface area contributed by atoms with Crippen LogP contribution >= 0.6 is 0 Å². The summed E-state index contributed by atoms with van der Waals surface area (Å²) in [5, 5.41) is 0. The van der Waals surface area contributed by atoms with Crippen molar-refractivity contribution in [2.75, 3.05) is 6.61 Å². The Labute approximate surface area is 134 Å². The summed E-state index contributed by atoms with van der Waals surface area (Å²) in [7, 11) is 0. The van der Waals surface area contributed by atoms with Crippen molar-refractivity contribution >= 4 is 12.2 Å². The Balaban J connectivity index is 2.34. The summed E-state index contributed by atoms with van der Waals surface area (Å²) < 4.78 is 45.6. The quantitative estimate of drug-likeness (QED) is 0.603. The van der Waals surface area contributed by atoms with Crippen molar-refractivity contribution in [2.45, 2.75) is 26.7 Å². The van der Waals surface area contributed by atoms with Crippen molar-refractivity contribution in [2.24, 2.45) is 0 Å². The normalized spacial score (nSPS) is 11.4. The van der Waals surface area contributed by atoms with E-state index < -0.39 is 17.8 Å². The van der Waals surface area contributed by atoms with Crippen molar-refractivity contribution in [1.82, 2.24) is 0 Å². The molecule has 0 N–H and O–H groups in total. The summed E-state index contributed by atoms with van der Waals surface area (Å²) in [5.74, 6) is -1.14. The smallest absolute Gasteiger partial charge is 0.267 e. The minimum Gasteiger partial charge on any atom is -0.491 e. The van der Waals surface area contributed by atoms with Crippen LogP contribution < -0.4 is 4.74 Å². The van der Waals surface area contributed by atoms with Gasteiger partial charge in [-0.05, 0) is 36.1 Å². The van der Waals surface area contributed by atoms with Crippen LogP contribution in [0, 0.1) is 5.82 Å². The van der Waals surface area contributed by atoms with Crippen LogP contribution in [0.5, 0.6) is 5.75 Å². The molecule has 2 aromatic rings. The van der Waals surface area contributed by atoms with Crippen molar-refractivity contribution in [3.63, 3.8) is 0 Å². The van der Waals surface area contributed by atoms with Gasteiger partial charge in [0.2, 0.25) is 0 Å². The van der Waals surface area contributed by atoms with Crippen LogP contribution in [0.25, 0.3) is 12.2 Å². The Morgan fingerprint density at radius 3 is 2.26 bits per heavy atom. The van der Waals surface area contributed by atoms with Gasteiger partial charge < -0.3 is 4.74 Å². The van der Waals surface area contributed by atoms with E-state index in [-0.39, 0.29) is 17.9 Å². The van der Waals surface area contributed by atoms with Crippen molar-refractivity contribution < 1.29 is 17.9 Å². The summed E-state index contributed by atoms with van der Waals surface area (Å²) in [6, 6.07) is 10.6. The molecule has 0 saturated carbocycles. The van der Waals surface area contributed by atoms with E-state index in [0.717, 1.165) is 12.0 Å². The standard InChI is InChI=1S/C19H19F3O/c1-3-13-5-7-14(8-6-13)9-10-15-11-12-16(23-4-2)18(20)17(15)19(21)22/h5-12,19H,3-4H2,1-2H3/b10-9+. The van der Waals surface area contributed by atoms with Gasteiger partial charge in [-0.25, -0.2) is 13.2 Å². The fourth-order valence-electron chi connectivity index (χ4n) is 2.27. The molecule has 1 nitrogen and oxygen atoms in total. The molecule has 2 aromatic carbocycles. The molecule has 4 heteroatoms. The summed E-state index contributed by atoms with van der Waals surface area (Å²) in [6.07, 6.45) is 1.23. The number of halogens is 3. The molecule has 0 radical (unpaired) electrons. The maximum atomic E-state index is 14.2. The van der Waals surface area contributed by atoms with E-state index in [1.165, 1.54) is 23.8 Å². The second-order valence-corrected chi connectivity index (χ2v) is 5.04. The fraction of sp³-hybridized carbons (Fsp3) is 0.263. The maximum Gasteiger partial charge on any atom is 0.267 e. The highest BCUT2D eigenvalue weighted by Gasteiger charge is 2.20. The number of ether oxygens (including phenoxy) is 1. The fourth-order valence-corrected chi connectivity index (χ4v) is 2.27. The van der Waals surface area contributed by atoms with Gasteiger partial charge in [-0.1, -0.05) is 49.4 Å². The summed E-state index contributed by atoms with van der Waals surface area (Å²) >= 11 is 0. The molecule has 0 amide bonds. The molecule has 0 aliphatic heterocycles. The van der Waals surface area contributed by atoms with Gasteiger partial charge in [0.05, 0.1) is 12.2 Å². The maximum absolute atomic E-state index is 14.2. The average molecular weight is 320 g/mol. The van der Waals surface area contributed by atoms with Crippen LogP contribution in [0.15, 0.2) is 36.4 Å². The first-order valence-corrected chi connectivity index (χ1v) is 7.57. The Hall–Kier alpha value is -2.23. The molecule has 0 atom stereocenters. The van der Waals surface area contributed by atoms with E-state index in [1.54, 1.807) is 13.0 Å². The highest BCUT2D eigenvalue weighted by molar-refractivity contribution is 5.72. The summed E-state index contributed by atoms with van der Waals surface area (Å²) in [4.78, 5) is 0. The predicted octanol–water partition coefficient (Wildman–Crippen LogP) is 5.89. The molecule has 0 heterocycles. The highest BCUT2D eigenvalue weighted by Crippen LogP contribution is 2.32. The first-order chi connectivity index (χ1) is 11.1.